The fourth-order valence-electron chi connectivity index (χ4n) is 1.93. The molecular formula is C14H18ClF3N2O3S. The highest BCUT2D eigenvalue weighted by Crippen LogP contribution is 2.37. The number of rotatable bonds is 7. The third-order valence-electron chi connectivity index (χ3n) is 3.06. The number of amides is 1. The highest BCUT2D eigenvalue weighted by Gasteiger charge is 2.34. The molecule has 0 aliphatic heterocycles. The van der Waals surface area contributed by atoms with Crippen LogP contribution < -0.4 is 9.62 Å². The second-order valence-electron chi connectivity index (χ2n) is 5.10. The standard InChI is InChI=1S/C14H18ClF3N2O3S/c1-3-7-19-13(21)6-8-20(24(2,22)23)10-4-5-12(15)11(9-10)14(16,17)18/h4-5,9H,3,6-8H2,1-2H3,(H,19,21). The Labute approximate surface area is 143 Å². The number of alkyl halides is 3. The maximum absolute atomic E-state index is 12.9. The molecule has 0 unspecified atom stereocenters. The predicted octanol–water partition coefficient (Wildman–Crippen LogP) is 3.04. The monoisotopic (exact) mass is 386 g/mol. The van der Waals surface area contributed by atoms with Gasteiger partial charge in [-0.1, -0.05) is 18.5 Å². The Morgan fingerprint density at radius 2 is 1.96 bits per heavy atom. The molecule has 0 aliphatic rings. The summed E-state index contributed by atoms with van der Waals surface area (Å²) in [6, 6.07) is 2.81. The molecule has 0 aliphatic carbocycles. The highest BCUT2D eigenvalue weighted by atomic mass is 35.5. The lowest BCUT2D eigenvalue weighted by Gasteiger charge is -2.23. The van der Waals surface area contributed by atoms with Gasteiger partial charge < -0.3 is 5.32 Å². The van der Waals surface area contributed by atoms with E-state index in [2.05, 4.69) is 5.32 Å². The summed E-state index contributed by atoms with van der Waals surface area (Å²) in [5.74, 6) is -0.379. The zero-order chi connectivity index (χ0) is 18.5. The van der Waals surface area contributed by atoms with Crippen molar-refractivity contribution in [1.29, 1.82) is 0 Å². The second-order valence-corrected chi connectivity index (χ2v) is 7.41. The van der Waals surface area contributed by atoms with Crippen LogP contribution in [0.3, 0.4) is 0 Å². The number of halogens is 4. The summed E-state index contributed by atoms with van der Waals surface area (Å²) in [6.45, 7) is 2.03. The van der Waals surface area contributed by atoms with E-state index < -0.39 is 26.8 Å². The molecule has 136 valence electrons. The molecule has 0 heterocycles. The van der Waals surface area contributed by atoms with Crippen LogP contribution in [-0.4, -0.2) is 33.7 Å². The topological polar surface area (TPSA) is 66.5 Å². The lowest BCUT2D eigenvalue weighted by molar-refractivity contribution is -0.137. The van der Waals surface area contributed by atoms with E-state index in [1.54, 1.807) is 0 Å². The molecule has 1 N–H and O–H groups in total. The molecule has 1 amide bonds. The summed E-state index contributed by atoms with van der Waals surface area (Å²) >= 11 is 5.53. The zero-order valence-electron chi connectivity index (χ0n) is 13.2. The van der Waals surface area contributed by atoms with E-state index in [-0.39, 0.29) is 24.6 Å². The van der Waals surface area contributed by atoms with Crippen molar-refractivity contribution < 1.29 is 26.4 Å². The maximum atomic E-state index is 12.9. The van der Waals surface area contributed by atoms with E-state index in [4.69, 9.17) is 11.6 Å². The average Bonchev–Trinajstić information content (AvgIpc) is 2.44. The first kappa shape index (κ1) is 20.6. The molecule has 1 aromatic carbocycles. The van der Waals surface area contributed by atoms with Crippen LogP contribution in [0.5, 0.6) is 0 Å². The molecule has 10 heteroatoms. The van der Waals surface area contributed by atoms with Crippen LogP contribution in [0.1, 0.15) is 25.3 Å². The molecule has 0 atom stereocenters. The van der Waals surface area contributed by atoms with Gasteiger partial charge in [-0.3, -0.25) is 9.10 Å². The van der Waals surface area contributed by atoms with Crippen LogP contribution in [0.2, 0.25) is 5.02 Å². The van der Waals surface area contributed by atoms with Crippen molar-refractivity contribution >= 4 is 33.2 Å². The number of sulfonamides is 1. The van der Waals surface area contributed by atoms with Crippen LogP contribution in [-0.2, 0) is 21.0 Å². The molecule has 0 saturated carbocycles. The van der Waals surface area contributed by atoms with E-state index in [0.29, 0.717) is 19.0 Å². The largest absolute Gasteiger partial charge is 0.417 e. The first-order valence-corrected chi connectivity index (χ1v) is 9.30. The Hall–Kier alpha value is -1.48. The summed E-state index contributed by atoms with van der Waals surface area (Å²) in [6.07, 6.45) is -3.31. The summed E-state index contributed by atoms with van der Waals surface area (Å²) in [5.41, 5.74) is -1.33. The molecule has 24 heavy (non-hydrogen) atoms. The van der Waals surface area contributed by atoms with Crippen molar-refractivity contribution in [3.8, 4) is 0 Å². The van der Waals surface area contributed by atoms with Crippen molar-refractivity contribution in [2.75, 3.05) is 23.7 Å². The number of carbonyl (C=O) groups excluding carboxylic acids is 1. The number of hydrogen-bond donors (Lipinski definition) is 1. The third-order valence-corrected chi connectivity index (χ3v) is 4.58. The lowest BCUT2D eigenvalue weighted by atomic mass is 10.2. The summed E-state index contributed by atoms with van der Waals surface area (Å²) in [5, 5.41) is 2.05. The number of carbonyl (C=O) groups is 1. The Kier molecular flexibility index (Phi) is 6.91. The minimum absolute atomic E-state index is 0.170. The molecule has 0 radical (unpaired) electrons. The molecule has 0 spiro atoms. The fourth-order valence-corrected chi connectivity index (χ4v) is 3.07. The number of hydrogen-bond acceptors (Lipinski definition) is 3. The van der Waals surface area contributed by atoms with Crippen LogP contribution in [0.25, 0.3) is 0 Å². The number of nitrogens with one attached hydrogen (secondary N) is 1. The quantitative estimate of drug-likeness (QED) is 0.783. The zero-order valence-corrected chi connectivity index (χ0v) is 14.7. The minimum atomic E-state index is -4.71. The van der Waals surface area contributed by atoms with Crippen molar-refractivity contribution in [3.63, 3.8) is 0 Å². The fraction of sp³-hybridized carbons (Fsp3) is 0.500. The van der Waals surface area contributed by atoms with E-state index in [0.717, 1.165) is 16.6 Å². The predicted molar refractivity (Wildman–Crippen MR) is 86.6 cm³/mol. The SMILES string of the molecule is CCCNC(=O)CCN(c1ccc(Cl)c(C(F)(F)F)c1)S(C)(=O)=O. The lowest BCUT2D eigenvalue weighted by Crippen LogP contribution is -2.35. The summed E-state index contributed by atoms with van der Waals surface area (Å²) in [7, 11) is -3.87. The van der Waals surface area contributed by atoms with Gasteiger partial charge in [0.2, 0.25) is 15.9 Å². The van der Waals surface area contributed by atoms with Crippen LogP contribution in [0.15, 0.2) is 18.2 Å². The Balaban J connectivity index is 3.08. The highest BCUT2D eigenvalue weighted by molar-refractivity contribution is 7.92. The molecule has 0 fully saturated rings. The smallest absolute Gasteiger partial charge is 0.356 e. The van der Waals surface area contributed by atoms with Gasteiger partial charge in [0.1, 0.15) is 0 Å². The van der Waals surface area contributed by atoms with Gasteiger partial charge in [-0.2, -0.15) is 13.2 Å². The van der Waals surface area contributed by atoms with Gasteiger partial charge in [-0.25, -0.2) is 8.42 Å². The van der Waals surface area contributed by atoms with Crippen molar-refractivity contribution in [2.24, 2.45) is 0 Å². The summed E-state index contributed by atoms with van der Waals surface area (Å²) < 4.78 is 63.3. The second kappa shape index (κ2) is 8.06. The van der Waals surface area contributed by atoms with E-state index in [1.807, 2.05) is 6.92 Å². The van der Waals surface area contributed by atoms with Gasteiger partial charge in [0.05, 0.1) is 22.5 Å². The molecule has 1 rings (SSSR count). The molecule has 1 aromatic rings. The van der Waals surface area contributed by atoms with Crippen LogP contribution in [0.4, 0.5) is 18.9 Å². The van der Waals surface area contributed by atoms with E-state index >= 15 is 0 Å². The molecule has 0 aromatic heterocycles. The maximum Gasteiger partial charge on any atom is 0.417 e. The van der Waals surface area contributed by atoms with Gasteiger partial charge in [0, 0.05) is 19.5 Å². The van der Waals surface area contributed by atoms with Gasteiger partial charge >= 0.3 is 6.18 Å². The molecule has 0 saturated heterocycles. The average molecular weight is 387 g/mol. The third kappa shape index (κ3) is 5.86. The van der Waals surface area contributed by atoms with Crippen molar-refractivity contribution in [1.82, 2.24) is 5.32 Å². The molecule has 0 bridgehead atoms. The van der Waals surface area contributed by atoms with Gasteiger partial charge in [0.15, 0.2) is 0 Å². The van der Waals surface area contributed by atoms with Crippen molar-refractivity contribution in [2.45, 2.75) is 25.9 Å². The van der Waals surface area contributed by atoms with Crippen LogP contribution in [0, 0.1) is 0 Å². The normalized spacial score (nSPS) is 12.1. The van der Waals surface area contributed by atoms with E-state index in [1.165, 1.54) is 6.07 Å². The van der Waals surface area contributed by atoms with Gasteiger partial charge in [-0.05, 0) is 24.6 Å². The molecular weight excluding hydrogens is 369 g/mol. The van der Waals surface area contributed by atoms with Gasteiger partial charge in [-0.15, -0.1) is 0 Å². The number of nitrogens with zero attached hydrogens (tertiary/aromatic N) is 1. The Bertz CT molecular complexity index is 693. The van der Waals surface area contributed by atoms with Crippen LogP contribution >= 0.6 is 11.6 Å². The van der Waals surface area contributed by atoms with Gasteiger partial charge in [0.25, 0.3) is 0 Å². The molecule has 5 nitrogen and oxygen atoms in total. The first-order chi connectivity index (χ1) is 11.0. The Morgan fingerprint density at radius 3 is 2.46 bits per heavy atom. The van der Waals surface area contributed by atoms with E-state index in [9.17, 15) is 26.4 Å². The summed E-state index contributed by atoms with van der Waals surface area (Å²) in [4.78, 5) is 11.6. The Morgan fingerprint density at radius 1 is 1.33 bits per heavy atom. The first-order valence-electron chi connectivity index (χ1n) is 7.08. The number of anilines is 1. The number of benzene rings is 1. The minimum Gasteiger partial charge on any atom is -0.356 e. The van der Waals surface area contributed by atoms with Crippen molar-refractivity contribution in [3.05, 3.63) is 28.8 Å².